The van der Waals surface area contributed by atoms with Crippen LogP contribution in [0.2, 0.25) is 15.1 Å². The number of halogens is 3. The number of hydrogen-bond acceptors (Lipinski definition) is 3. The number of fused-ring (bicyclic) bond motifs is 1. The number of hydrazone groups is 1. The van der Waals surface area contributed by atoms with Crippen LogP contribution in [0.25, 0.3) is 10.8 Å². The van der Waals surface area contributed by atoms with Gasteiger partial charge in [0.2, 0.25) is 0 Å². The summed E-state index contributed by atoms with van der Waals surface area (Å²) in [6.45, 7) is 0.325. The Balaban J connectivity index is 1.44. The Hall–Kier alpha value is -3.05. The Labute approximate surface area is 200 Å². The number of nitrogens with one attached hydrogen (secondary N) is 1. The molecule has 4 rings (SSSR count). The average molecular weight is 484 g/mol. The maximum absolute atomic E-state index is 12.1. The highest BCUT2D eigenvalue weighted by atomic mass is 35.5. The molecule has 0 aliphatic heterocycles. The molecule has 32 heavy (non-hydrogen) atoms. The summed E-state index contributed by atoms with van der Waals surface area (Å²) in [5.74, 6) is 0.0359. The van der Waals surface area contributed by atoms with Crippen LogP contribution in [0.5, 0.6) is 5.75 Å². The largest absolute Gasteiger partial charge is 0.486 e. The third kappa shape index (κ3) is 5.22. The second kappa shape index (κ2) is 10.0. The van der Waals surface area contributed by atoms with Crippen molar-refractivity contribution in [1.82, 2.24) is 5.43 Å². The van der Waals surface area contributed by atoms with Gasteiger partial charge in [0.1, 0.15) is 6.61 Å². The number of rotatable bonds is 6. The number of carbonyl (C=O) groups is 1. The molecule has 1 N–H and O–H groups in total. The number of hydrogen-bond donors (Lipinski definition) is 1. The van der Waals surface area contributed by atoms with Crippen molar-refractivity contribution in [3.8, 4) is 5.75 Å². The van der Waals surface area contributed by atoms with Crippen molar-refractivity contribution >= 4 is 57.7 Å². The lowest BCUT2D eigenvalue weighted by molar-refractivity contribution is 0.0955. The molecule has 0 aromatic heterocycles. The third-order valence-electron chi connectivity index (χ3n) is 4.76. The highest BCUT2D eigenvalue weighted by Crippen LogP contribution is 2.35. The summed E-state index contributed by atoms with van der Waals surface area (Å²) in [5.41, 5.74) is 4.55. The first-order valence-corrected chi connectivity index (χ1v) is 10.8. The fourth-order valence-electron chi connectivity index (χ4n) is 3.19. The fraction of sp³-hybridized carbons (Fsp3) is 0.0400. The van der Waals surface area contributed by atoms with Crippen molar-refractivity contribution in [2.24, 2.45) is 5.10 Å². The Morgan fingerprint density at radius 2 is 1.59 bits per heavy atom. The predicted octanol–water partition coefficient (Wildman–Crippen LogP) is 7.14. The van der Waals surface area contributed by atoms with E-state index >= 15 is 0 Å². The van der Waals surface area contributed by atoms with E-state index in [0.717, 1.165) is 16.3 Å². The molecule has 0 aliphatic rings. The Bertz CT molecular complexity index is 1280. The molecule has 0 saturated heterocycles. The summed E-state index contributed by atoms with van der Waals surface area (Å²) in [6, 6.07) is 24.0. The Morgan fingerprint density at radius 1 is 0.906 bits per heavy atom. The van der Waals surface area contributed by atoms with Gasteiger partial charge in [-0.1, -0.05) is 77.3 Å². The van der Waals surface area contributed by atoms with Gasteiger partial charge < -0.3 is 4.74 Å². The van der Waals surface area contributed by atoms with Crippen molar-refractivity contribution < 1.29 is 9.53 Å². The third-order valence-corrected chi connectivity index (χ3v) is 5.57. The summed E-state index contributed by atoms with van der Waals surface area (Å²) in [7, 11) is 0. The Morgan fingerprint density at radius 3 is 2.34 bits per heavy atom. The van der Waals surface area contributed by atoms with Crippen LogP contribution >= 0.6 is 34.8 Å². The predicted molar refractivity (Wildman–Crippen MR) is 131 cm³/mol. The molecule has 0 aliphatic carbocycles. The zero-order chi connectivity index (χ0) is 22.5. The van der Waals surface area contributed by atoms with E-state index in [2.05, 4.69) is 28.7 Å². The molecule has 0 atom stereocenters. The van der Waals surface area contributed by atoms with Crippen LogP contribution in [-0.4, -0.2) is 12.1 Å². The summed E-state index contributed by atoms with van der Waals surface area (Å²) < 4.78 is 5.94. The first-order chi connectivity index (χ1) is 15.5. The summed E-state index contributed by atoms with van der Waals surface area (Å²) >= 11 is 18.6. The molecule has 1 amide bonds. The first kappa shape index (κ1) is 22.2. The van der Waals surface area contributed by atoms with E-state index in [1.54, 1.807) is 36.4 Å². The van der Waals surface area contributed by atoms with Crippen molar-refractivity contribution in [3.63, 3.8) is 0 Å². The highest BCUT2D eigenvalue weighted by Gasteiger charge is 2.11. The van der Waals surface area contributed by atoms with Crippen molar-refractivity contribution in [2.45, 2.75) is 6.61 Å². The Kier molecular flexibility index (Phi) is 6.96. The normalized spacial score (nSPS) is 11.1. The minimum absolute atomic E-state index is 0.325. The highest BCUT2D eigenvalue weighted by molar-refractivity contribution is 6.37. The zero-order valence-electron chi connectivity index (χ0n) is 16.7. The molecule has 4 nitrogen and oxygen atoms in total. The molecule has 160 valence electrons. The molecule has 0 bridgehead atoms. The van der Waals surface area contributed by atoms with Crippen LogP contribution in [0.1, 0.15) is 21.5 Å². The van der Waals surface area contributed by atoms with Crippen molar-refractivity contribution in [2.75, 3.05) is 0 Å². The van der Waals surface area contributed by atoms with E-state index in [-0.39, 0.29) is 5.91 Å². The van der Waals surface area contributed by atoms with Gasteiger partial charge in [0.15, 0.2) is 5.75 Å². The van der Waals surface area contributed by atoms with E-state index in [4.69, 9.17) is 39.5 Å². The molecule has 0 saturated carbocycles. The van der Waals surface area contributed by atoms with Gasteiger partial charge in [0, 0.05) is 10.6 Å². The topological polar surface area (TPSA) is 50.7 Å². The summed E-state index contributed by atoms with van der Waals surface area (Å²) in [5, 5.41) is 7.47. The standard InChI is InChI=1S/C25H17Cl3N2O2/c26-20-10-8-18(9-11-20)25(31)30-29-14-16-12-22(27)24(23(28)13-16)32-15-19-6-3-5-17-4-1-2-7-21(17)19/h1-14H,15H2,(H,30,31)/b29-14-. The van der Waals surface area contributed by atoms with Gasteiger partial charge in [-0.25, -0.2) is 5.43 Å². The van der Waals surface area contributed by atoms with Gasteiger partial charge in [-0.05, 0) is 58.3 Å². The smallest absolute Gasteiger partial charge is 0.271 e. The van der Waals surface area contributed by atoms with E-state index in [1.165, 1.54) is 6.21 Å². The molecule has 0 fully saturated rings. The molecule has 4 aromatic carbocycles. The molecule has 4 aromatic rings. The van der Waals surface area contributed by atoms with Crippen LogP contribution < -0.4 is 10.2 Å². The molecule has 0 spiro atoms. The van der Waals surface area contributed by atoms with Crippen molar-refractivity contribution in [3.05, 3.63) is 111 Å². The SMILES string of the molecule is O=C(N/N=C\c1cc(Cl)c(OCc2cccc3ccccc23)c(Cl)c1)c1ccc(Cl)cc1. The fourth-order valence-corrected chi connectivity index (χ4v) is 3.93. The number of carbonyl (C=O) groups excluding carboxylic acids is 1. The maximum atomic E-state index is 12.1. The van der Waals surface area contributed by atoms with E-state index in [0.29, 0.717) is 38.6 Å². The number of benzene rings is 4. The van der Waals surface area contributed by atoms with Crippen LogP contribution in [-0.2, 0) is 6.61 Å². The second-order valence-electron chi connectivity index (χ2n) is 6.95. The molecule has 0 radical (unpaired) electrons. The minimum atomic E-state index is -0.356. The molecular formula is C25H17Cl3N2O2. The maximum Gasteiger partial charge on any atom is 0.271 e. The van der Waals surface area contributed by atoms with E-state index in [9.17, 15) is 4.79 Å². The van der Waals surface area contributed by atoms with Gasteiger partial charge in [0.25, 0.3) is 5.91 Å². The number of ether oxygens (including phenoxy) is 1. The lowest BCUT2D eigenvalue weighted by Crippen LogP contribution is -2.17. The van der Waals surface area contributed by atoms with E-state index < -0.39 is 0 Å². The van der Waals surface area contributed by atoms with E-state index in [1.807, 2.05) is 24.3 Å². The van der Waals surface area contributed by atoms with Crippen LogP contribution in [0.4, 0.5) is 0 Å². The van der Waals surface area contributed by atoms with Gasteiger partial charge >= 0.3 is 0 Å². The quantitative estimate of drug-likeness (QED) is 0.234. The van der Waals surface area contributed by atoms with Crippen LogP contribution in [0.15, 0.2) is 84.0 Å². The second-order valence-corrected chi connectivity index (χ2v) is 8.20. The molecular weight excluding hydrogens is 467 g/mol. The summed E-state index contributed by atoms with van der Waals surface area (Å²) in [6.07, 6.45) is 1.46. The zero-order valence-corrected chi connectivity index (χ0v) is 19.0. The minimum Gasteiger partial charge on any atom is -0.486 e. The lowest BCUT2D eigenvalue weighted by atomic mass is 10.1. The number of nitrogens with zero attached hydrogens (tertiary/aromatic N) is 1. The molecule has 0 unspecified atom stereocenters. The lowest BCUT2D eigenvalue weighted by Gasteiger charge is -2.12. The van der Waals surface area contributed by atoms with Crippen LogP contribution in [0, 0.1) is 0 Å². The molecule has 7 heteroatoms. The summed E-state index contributed by atoms with van der Waals surface area (Å²) in [4.78, 5) is 12.1. The van der Waals surface area contributed by atoms with Gasteiger partial charge in [-0.15, -0.1) is 0 Å². The van der Waals surface area contributed by atoms with Crippen molar-refractivity contribution in [1.29, 1.82) is 0 Å². The number of amides is 1. The average Bonchev–Trinajstić information content (AvgIpc) is 2.79. The molecule has 0 heterocycles. The van der Waals surface area contributed by atoms with Crippen LogP contribution in [0.3, 0.4) is 0 Å². The van der Waals surface area contributed by atoms with Gasteiger partial charge in [-0.2, -0.15) is 5.10 Å². The monoisotopic (exact) mass is 482 g/mol. The van der Waals surface area contributed by atoms with Gasteiger partial charge in [-0.3, -0.25) is 4.79 Å². The van der Waals surface area contributed by atoms with Gasteiger partial charge in [0.05, 0.1) is 16.3 Å². The first-order valence-electron chi connectivity index (χ1n) is 9.69.